The van der Waals surface area contributed by atoms with Gasteiger partial charge in [-0.1, -0.05) is 6.92 Å². The molecule has 3 nitrogen and oxygen atoms in total. The topological polar surface area (TPSA) is 40.2 Å². The fourth-order valence-corrected chi connectivity index (χ4v) is 2.08. The number of hydrogen-bond acceptors (Lipinski definition) is 2. The number of fused-ring (bicyclic) bond motifs is 1. The van der Waals surface area contributed by atoms with Crippen LogP contribution in [-0.2, 0) is 13.0 Å². The second-order valence-electron chi connectivity index (χ2n) is 3.87. The van der Waals surface area contributed by atoms with E-state index in [9.17, 15) is 0 Å². The summed E-state index contributed by atoms with van der Waals surface area (Å²) in [5, 5.41) is 1.30. The molecule has 2 aromatic rings. The predicted octanol–water partition coefficient (Wildman–Crippen LogP) is 2.17. The first-order chi connectivity index (χ1) is 7.80. The molecule has 1 aromatic carbocycles. The maximum Gasteiger partial charge on any atom is 0.120 e. The monoisotopic (exact) mass is 218 g/mol. The number of benzene rings is 1. The molecule has 2 rings (SSSR count). The van der Waals surface area contributed by atoms with Crippen LogP contribution in [0.15, 0.2) is 24.4 Å². The molecule has 0 unspecified atom stereocenters. The molecule has 3 heteroatoms. The third-order valence-corrected chi connectivity index (χ3v) is 2.92. The molecule has 0 saturated heterocycles. The van der Waals surface area contributed by atoms with E-state index in [0.29, 0.717) is 6.54 Å². The largest absolute Gasteiger partial charge is 0.497 e. The molecule has 16 heavy (non-hydrogen) atoms. The van der Waals surface area contributed by atoms with Crippen molar-refractivity contribution in [3.8, 4) is 5.75 Å². The van der Waals surface area contributed by atoms with Crippen molar-refractivity contribution >= 4 is 10.9 Å². The zero-order valence-electron chi connectivity index (χ0n) is 9.86. The van der Waals surface area contributed by atoms with Gasteiger partial charge in [-0.15, -0.1) is 0 Å². The zero-order chi connectivity index (χ0) is 11.5. The second kappa shape index (κ2) is 4.58. The van der Waals surface area contributed by atoms with Crippen LogP contribution in [0.1, 0.15) is 12.5 Å². The minimum absolute atomic E-state index is 0.657. The highest BCUT2D eigenvalue weighted by Crippen LogP contribution is 2.26. The number of nitrogens with two attached hydrogens (primary N) is 1. The van der Waals surface area contributed by atoms with Crippen molar-refractivity contribution in [2.45, 2.75) is 19.9 Å². The van der Waals surface area contributed by atoms with Crippen molar-refractivity contribution in [2.24, 2.45) is 5.73 Å². The Kier molecular flexibility index (Phi) is 3.15. The standard InChI is InChI=1S/C13H18N2O/c1-3-10-9-15(7-6-14)13-8-11(16-2)4-5-12(10)13/h4-5,8-9H,3,6-7,14H2,1-2H3. The average molecular weight is 218 g/mol. The maximum absolute atomic E-state index is 5.62. The van der Waals surface area contributed by atoms with Gasteiger partial charge in [-0.05, 0) is 24.1 Å². The van der Waals surface area contributed by atoms with Gasteiger partial charge in [0.25, 0.3) is 0 Å². The molecule has 0 aliphatic carbocycles. The lowest BCUT2D eigenvalue weighted by Gasteiger charge is -2.04. The van der Waals surface area contributed by atoms with Crippen LogP contribution >= 0.6 is 0 Å². The zero-order valence-corrected chi connectivity index (χ0v) is 9.86. The molecule has 0 amide bonds. The number of methoxy groups -OCH3 is 1. The summed E-state index contributed by atoms with van der Waals surface area (Å²) in [6.07, 6.45) is 3.23. The van der Waals surface area contributed by atoms with Gasteiger partial charge in [0.05, 0.1) is 12.6 Å². The van der Waals surface area contributed by atoms with Crippen LogP contribution in [0.5, 0.6) is 5.75 Å². The van der Waals surface area contributed by atoms with Crippen LogP contribution in [0.2, 0.25) is 0 Å². The molecule has 0 aliphatic heterocycles. The van der Waals surface area contributed by atoms with Crippen LogP contribution in [0.3, 0.4) is 0 Å². The Labute approximate surface area is 95.8 Å². The summed E-state index contributed by atoms with van der Waals surface area (Å²) >= 11 is 0. The van der Waals surface area contributed by atoms with E-state index < -0.39 is 0 Å². The molecule has 0 atom stereocenters. The third kappa shape index (κ3) is 1.78. The first-order valence-electron chi connectivity index (χ1n) is 5.66. The van der Waals surface area contributed by atoms with Gasteiger partial charge in [-0.3, -0.25) is 0 Å². The first-order valence-corrected chi connectivity index (χ1v) is 5.66. The van der Waals surface area contributed by atoms with E-state index in [0.717, 1.165) is 18.7 Å². The number of rotatable bonds is 4. The van der Waals surface area contributed by atoms with Crippen molar-refractivity contribution in [1.29, 1.82) is 0 Å². The molecule has 0 aliphatic rings. The lowest BCUT2D eigenvalue weighted by atomic mass is 10.1. The van der Waals surface area contributed by atoms with Gasteiger partial charge in [-0.25, -0.2) is 0 Å². The smallest absolute Gasteiger partial charge is 0.120 e. The highest BCUT2D eigenvalue weighted by molar-refractivity contribution is 5.85. The molecule has 0 spiro atoms. The predicted molar refractivity (Wildman–Crippen MR) is 66.9 cm³/mol. The van der Waals surface area contributed by atoms with Crippen LogP contribution in [0.25, 0.3) is 10.9 Å². The summed E-state index contributed by atoms with van der Waals surface area (Å²) in [5.74, 6) is 0.895. The summed E-state index contributed by atoms with van der Waals surface area (Å²) < 4.78 is 7.46. The fraction of sp³-hybridized carbons (Fsp3) is 0.385. The molecule has 0 fully saturated rings. The summed E-state index contributed by atoms with van der Waals surface area (Å²) in [6, 6.07) is 6.21. The summed E-state index contributed by atoms with van der Waals surface area (Å²) in [5.41, 5.74) is 8.20. The van der Waals surface area contributed by atoms with Crippen LogP contribution in [-0.4, -0.2) is 18.2 Å². The number of nitrogens with zero attached hydrogens (tertiary/aromatic N) is 1. The Balaban J connectivity index is 2.60. The molecule has 1 aromatic heterocycles. The maximum atomic E-state index is 5.62. The minimum Gasteiger partial charge on any atom is -0.497 e. The molecule has 1 heterocycles. The van der Waals surface area contributed by atoms with Gasteiger partial charge in [0, 0.05) is 30.7 Å². The Morgan fingerprint density at radius 1 is 1.38 bits per heavy atom. The van der Waals surface area contributed by atoms with E-state index in [4.69, 9.17) is 10.5 Å². The Hall–Kier alpha value is -1.48. The van der Waals surface area contributed by atoms with Crippen LogP contribution < -0.4 is 10.5 Å². The molecule has 0 saturated carbocycles. The normalized spacial score (nSPS) is 10.9. The van der Waals surface area contributed by atoms with Gasteiger partial charge in [0.2, 0.25) is 0 Å². The molecular weight excluding hydrogens is 200 g/mol. The molecule has 0 radical (unpaired) electrons. The quantitative estimate of drug-likeness (QED) is 0.854. The van der Waals surface area contributed by atoms with E-state index in [2.05, 4.69) is 29.8 Å². The summed E-state index contributed by atoms with van der Waals surface area (Å²) in [7, 11) is 1.69. The van der Waals surface area contributed by atoms with Gasteiger partial charge >= 0.3 is 0 Å². The lowest BCUT2D eigenvalue weighted by molar-refractivity contribution is 0.415. The van der Waals surface area contributed by atoms with E-state index in [1.807, 2.05) is 6.07 Å². The SMILES string of the molecule is CCc1cn(CCN)c2cc(OC)ccc12. The van der Waals surface area contributed by atoms with Crippen LogP contribution in [0.4, 0.5) is 0 Å². The number of aryl methyl sites for hydroxylation is 1. The number of ether oxygens (including phenoxy) is 1. The Morgan fingerprint density at radius 3 is 2.81 bits per heavy atom. The highest BCUT2D eigenvalue weighted by Gasteiger charge is 2.07. The van der Waals surface area contributed by atoms with Gasteiger partial charge < -0.3 is 15.0 Å². The summed E-state index contributed by atoms with van der Waals surface area (Å²) in [6.45, 7) is 3.68. The van der Waals surface area contributed by atoms with Crippen LogP contribution in [0, 0.1) is 0 Å². The average Bonchev–Trinajstić information content (AvgIpc) is 2.67. The molecular formula is C13H18N2O. The Morgan fingerprint density at radius 2 is 2.19 bits per heavy atom. The fourth-order valence-electron chi connectivity index (χ4n) is 2.08. The Bertz CT molecular complexity index is 488. The van der Waals surface area contributed by atoms with E-state index in [-0.39, 0.29) is 0 Å². The first kappa shape index (κ1) is 11.0. The second-order valence-corrected chi connectivity index (χ2v) is 3.87. The highest BCUT2D eigenvalue weighted by atomic mass is 16.5. The van der Waals surface area contributed by atoms with E-state index in [1.165, 1.54) is 16.5 Å². The van der Waals surface area contributed by atoms with Gasteiger partial charge in [0.1, 0.15) is 5.75 Å². The van der Waals surface area contributed by atoms with Crippen molar-refractivity contribution in [1.82, 2.24) is 4.57 Å². The van der Waals surface area contributed by atoms with Crippen molar-refractivity contribution in [2.75, 3.05) is 13.7 Å². The third-order valence-electron chi connectivity index (χ3n) is 2.92. The lowest BCUT2D eigenvalue weighted by Crippen LogP contribution is -2.08. The number of aromatic nitrogens is 1. The van der Waals surface area contributed by atoms with Crippen molar-refractivity contribution in [3.63, 3.8) is 0 Å². The van der Waals surface area contributed by atoms with Crippen molar-refractivity contribution < 1.29 is 4.74 Å². The van der Waals surface area contributed by atoms with E-state index in [1.54, 1.807) is 7.11 Å². The molecule has 86 valence electrons. The molecule has 2 N–H and O–H groups in total. The van der Waals surface area contributed by atoms with Crippen molar-refractivity contribution in [3.05, 3.63) is 30.0 Å². The van der Waals surface area contributed by atoms with E-state index >= 15 is 0 Å². The molecule has 0 bridgehead atoms. The van der Waals surface area contributed by atoms with Gasteiger partial charge in [0.15, 0.2) is 0 Å². The number of hydrogen-bond donors (Lipinski definition) is 1. The summed E-state index contributed by atoms with van der Waals surface area (Å²) in [4.78, 5) is 0. The van der Waals surface area contributed by atoms with Gasteiger partial charge in [-0.2, -0.15) is 0 Å². The minimum atomic E-state index is 0.657.